The maximum Gasteiger partial charge on any atom is 0.327 e. The van der Waals surface area contributed by atoms with Crippen LogP contribution in [0, 0.1) is 0 Å². The van der Waals surface area contributed by atoms with Crippen molar-refractivity contribution in [2.24, 2.45) is 0 Å². The molecule has 9 nitrogen and oxygen atoms in total. The number of halogens is 3. The van der Waals surface area contributed by atoms with E-state index < -0.39 is 5.97 Å². The number of hydrogen-bond acceptors (Lipinski definition) is 6. The number of carbonyl (C=O) groups is 1. The fraction of sp³-hybridized carbons (Fsp3) is 0.286. The van der Waals surface area contributed by atoms with Gasteiger partial charge in [-0.1, -0.05) is 5.21 Å². The van der Waals surface area contributed by atoms with Crippen LogP contribution in [-0.2, 0) is 24.3 Å². The fourth-order valence-electron chi connectivity index (χ4n) is 2.24. The maximum atomic E-state index is 10.6. The van der Waals surface area contributed by atoms with Crippen molar-refractivity contribution in [3.63, 3.8) is 0 Å². The van der Waals surface area contributed by atoms with Gasteiger partial charge in [0.15, 0.2) is 12.2 Å². The van der Waals surface area contributed by atoms with Crippen molar-refractivity contribution in [3.8, 4) is 11.5 Å². The van der Waals surface area contributed by atoms with E-state index in [1.54, 1.807) is 10.9 Å². The highest BCUT2D eigenvalue weighted by Crippen LogP contribution is 2.32. The summed E-state index contributed by atoms with van der Waals surface area (Å²) in [6, 6.07) is 4.15. The summed E-state index contributed by atoms with van der Waals surface area (Å²) in [5.41, 5.74) is 1.65. The normalized spacial score (nSPS) is 11.0. The Kier molecular flexibility index (Phi) is 6.14. The van der Waals surface area contributed by atoms with E-state index in [2.05, 4.69) is 85.6 Å². The predicted molar refractivity (Wildman–Crippen MR) is 102 cm³/mol. The molecule has 0 amide bonds. The van der Waals surface area contributed by atoms with Gasteiger partial charge in [0.25, 0.3) is 0 Å². The summed E-state index contributed by atoms with van der Waals surface area (Å²) < 4.78 is 4.70. The van der Waals surface area contributed by atoms with Gasteiger partial charge in [0.2, 0.25) is 5.82 Å². The monoisotopic (exact) mass is 547 g/mol. The number of rotatable bonds is 7. The average Bonchev–Trinajstić information content (AvgIpc) is 3.21. The van der Waals surface area contributed by atoms with Crippen molar-refractivity contribution in [1.29, 1.82) is 0 Å². The molecule has 0 aliphatic rings. The summed E-state index contributed by atoms with van der Waals surface area (Å²) in [6.07, 6.45) is 3.48. The van der Waals surface area contributed by atoms with E-state index in [0.717, 1.165) is 31.1 Å². The summed E-state index contributed by atoms with van der Waals surface area (Å²) in [7, 11) is 0. The molecular formula is C14H12Br3N7O2. The number of aryl methyl sites for hydroxylation is 2. The first kappa shape index (κ1) is 19.1. The first-order valence-corrected chi connectivity index (χ1v) is 9.84. The van der Waals surface area contributed by atoms with Crippen molar-refractivity contribution in [2.75, 3.05) is 0 Å². The molecule has 26 heavy (non-hydrogen) atoms. The van der Waals surface area contributed by atoms with Gasteiger partial charge < -0.3 is 5.11 Å². The first-order valence-electron chi connectivity index (χ1n) is 7.46. The molecule has 1 N–H and O–H groups in total. The maximum absolute atomic E-state index is 10.6. The van der Waals surface area contributed by atoms with Gasteiger partial charge in [-0.2, -0.15) is 4.80 Å². The van der Waals surface area contributed by atoms with E-state index >= 15 is 0 Å². The summed E-state index contributed by atoms with van der Waals surface area (Å²) in [4.78, 5) is 11.6. The highest BCUT2D eigenvalue weighted by Gasteiger charge is 2.12. The molecule has 0 atom stereocenters. The van der Waals surface area contributed by atoms with Gasteiger partial charge in [0, 0.05) is 20.0 Å². The molecule has 12 heteroatoms. The standard InChI is InChI=1S/C14H12Br3N7O2/c15-9-4-8(5-10(16)13(9)17)2-1-3-23-6-11(18-21-23)14-19-22-24(20-14)7-12(25)26/h4-6H,1-3,7H2,(H,25,26). The zero-order valence-corrected chi connectivity index (χ0v) is 17.9. The minimum atomic E-state index is -1.04. The lowest BCUT2D eigenvalue weighted by Crippen LogP contribution is -2.11. The van der Waals surface area contributed by atoms with E-state index in [1.807, 2.05) is 0 Å². The molecule has 1 aromatic carbocycles. The van der Waals surface area contributed by atoms with E-state index in [0.29, 0.717) is 12.2 Å². The number of aromatic nitrogens is 7. The molecule has 0 fully saturated rings. The Morgan fingerprint density at radius 3 is 2.54 bits per heavy atom. The van der Waals surface area contributed by atoms with E-state index in [1.165, 1.54) is 5.56 Å². The van der Waals surface area contributed by atoms with Crippen molar-refractivity contribution in [2.45, 2.75) is 25.9 Å². The highest BCUT2D eigenvalue weighted by atomic mass is 79.9. The number of nitrogens with zero attached hydrogens (tertiary/aromatic N) is 7. The molecule has 0 bridgehead atoms. The Morgan fingerprint density at radius 1 is 1.12 bits per heavy atom. The molecule has 3 rings (SSSR count). The quantitative estimate of drug-likeness (QED) is 0.451. The zero-order chi connectivity index (χ0) is 18.7. The van der Waals surface area contributed by atoms with Crippen molar-refractivity contribution in [1.82, 2.24) is 35.2 Å². The third-order valence-electron chi connectivity index (χ3n) is 3.39. The summed E-state index contributed by atoms with van der Waals surface area (Å²) >= 11 is 10.5. The number of aliphatic carboxylic acids is 1. The van der Waals surface area contributed by atoms with Crippen LogP contribution in [0.2, 0.25) is 0 Å². The SMILES string of the molecule is O=C(O)Cn1nnc(-c2cn(CCCc3cc(Br)c(Br)c(Br)c3)nn2)n1. The van der Waals surface area contributed by atoms with Crippen LogP contribution >= 0.6 is 47.8 Å². The van der Waals surface area contributed by atoms with Crippen LogP contribution in [0.15, 0.2) is 31.7 Å². The van der Waals surface area contributed by atoms with Crippen LogP contribution in [0.3, 0.4) is 0 Å². The Hall–Kier alpha value is -1.66. The first-order chi connectivity index (χ1) is 12.4. The lowest BCUT2D eigenvalue weighted by molar-refractivity contribution is -0.138. The van der Waals surface area contributed by atoms with Crippen molar-refractivity contribution in [3.05, 3.63) is 37.3 Å². The molecule has 0 unspecified atom stereocenters. The second-order valence-electron chi connectivity index (χ2n) is 5.38. The molecule has 0 radical (unpaired) electrons. The summed E-state index contributed by atoms with van der Waals surface area (Å²) in [5, 5.41) is 28.2. The van der Waals surface area contributed by atoms with Crippen LogP contribution < -0.4 is 0 Å². The van der Waals surface area contributed by atoms with E-state index in [-0.39, 0.29) is 12.4 Å². The second-order valence-corrected chi connectivity index (χ2v) is 7.88. The van der Waals surface area contributed by atoms with E-state index in [4.69, 9.17) is 5.11 Å². The van der Waals surface area contributed by atoms with Gasteiger partial charge in [-0.3, -0.25) is 9.48 Å². The van der Waals surface area contributed by atoms with Gasteiger partial charge in [0.05, 0.1) is 6.20 Å². The molecule has 0 aliphatic carbocycles. The largest absolute Gasteiger partial charge is 0.480 e. The van der Waals surface area contributed by atoms with Crippen LogP contribution in [0.5, 0.6) is 0 Å². The molecule has 3 aromatic rings. The molecule has 0 spiro atoms. The highest BCUT2D eigenvalue weighted by molar-refractivity contribution is 9.14. The molecule has 2 aromatic heterocycles. The van der Waals surface area contributed by atoms with Crippen molar-refractivity contribution < 1.29 is 9.90 Å². The Labute approximate surface area is 173 Å². The molecule has 0 aliphatic heterocycles. The second kappa shape index (κ2) is 8.35. The fourth-order valence-corrected chi connectivity index (χ4v) is 3.75. The number of benzene rings is 1. The summed E-state index contributed by atoms with van der Waals surface area (Å²) in [5.74, 6) is -0.790. The number of carboxylic acid groups (broad SMARTS) is 1. The molecular weight excluding hydrogens is 538 g/mol. The molecule has 136 valence electrons. The van der Waals surface area contributed by atoms with Crippen LogP contribution in [0.25, 0.3) is 11.5 Å². The molecule has 0 saturated heterocycles. The zero-order valence-electron chi connectivity index (χ0n) is 13.2. The molecule has 0 saturated carbocycles. The number of carboxylic acids is 1. The van der Waals surface area contributed by atoms with Crippen LogP contribution in [-0.4, -0.2) is 46.3 Å². The summed E-state index contributed by atoms with van der Waals surface area (Å²) in [6.45, 7) is 0.334. The Balaban J connectivity index is 1.59. The molecule has 2 heterocycles. The minimum absolute atomic E-state index is 0.248. The van der Waals surface area contributed by atoms with E-state index in [9.17, 15) is 4.79 Å². The minimum Gasteiger partial charge on any atom is -0.480 e. The lowest BCUT2D eigenvalue weighted by atomic mass is 10.1. The smallest absolute Gasteiger partial charge is 0.327 e. The van der Waals surface area contributed by atoms with Gasteiger partial charge in [-0.25, -0.2) is 0 Å². The average molecular weight is 550 g/mol. The third kappa shape index (κ3) is 4.74. The van der Waals surface area contributed by atoms with Gasteiger partial charge in [0.1, 0.15) is 0 Å². The van der Waals surface area contributed by atoms with Crippen molar-refractivity contribution >= 4 is 53.8 Å². The number of tetrazole rings is 1. The lowest BCUT2D eigenvalue weighted by Gasteiger charge is -2.06. The van der Waals surface area contributed by atoms with Crippen LogP contribution in [0.1, 0.15) is 12.0 Å². The third-order valence-corrected chi connectivity index (χ3v) is 6.56. The predicted octanol–water partition coefficient (Wildman–Crippen LogP) is 2.94. The van der Waals surface area contributed by atoms with Gasteiger partial charge in [-0.15, -0.1) is 15.3 Å². The topological polar surface area (TPSA) is 112 Å². The van der Waals surface area contributed by atoms with Crippen LogP contribution in [0.4, 0.5) is 0 Å². The van der Waals surface area contributed by atoms with Gasteiger partial charge >= 0.3 is 5.97 Å². The van der Waals surface area contributed by atoms with Gasteiger partial charge in [-0.05, 0) is 83.5 Å². The number of hydrogen-bond donors (Lipinski definition) is 1. The Morgan fingerprint density at radius 2 is 1.85 bits per heavy atom. The Bertz CT molecular complexity index is 917.